The summed E-state index contributed by atoms with van der Waals surface area (Å²) in [6.45, 7) is 1.24. The Morgan fingerprint density at radius 3 is 2.88 bits per heavy atom. The number of hydrogen-bond donors (Lipinski definition) is 3. The van der Waals surface area contributed by atoms with Gasteiger partial charge in [-0.3, -0.25) is 9.29 Å². The first-order valence-corrected chi connectivity index (χ1v) is 8.57. The highest BCUT2D eigenvalue weighted by Gasteiger charge is 2.12. The summed E-state index contributed by atoms with van der Waals surface area (Å²) < 4.78 is 12.0. The van der Waals surface area contributed by atoms with Crippen LogP contribution in [0, 0.1) is 0 Å². The molecule has 0 aliphatic rings. The van der Waals surface area contributed by atoms with Crippen molar-refractivity contribution in [2.45, 2.75) is 13.0 Å². The second kappa shape index (κ2) is 9.08. The van der Waals surface area contributed by atoms with E-state index in [0.717, 1.165) is 5.69 Å². The van der Waals surface area contributed by atoms with Gasteiger partial charge >= 0.3 is 0 Å². The third kappa shape index (κ3) is 5.36. The Bertz CT molecular complexity index is 770. The van der Waals surface area contributed by atoms with E-state index in [1.165, 1.54) is 6.07 Å². The fraction of sp³-hybridized carbons (Fsp3) is 0.353. The van der Waals surface area contributed by atoms with Crippen LogP contribution in [0.5, 0.6) is 5.75 Å². The number of fused-ring (bicyclic) bond motifs is 1. The molecule has 0 bridgehead atoms. The lowest BCUT2D eigenvalue weighted by atomic mass is 10.2. The molecule has 2 rings (SSSR count). The van der Waals surface area contributed by atoms with Crippen molar-refractivity contribution in [3.8, 4) is 5.75 Å². The average Bonchev–Trinajstić information content (AvgIpc) is 2.56. The molecule has 0 saturated carbocycles. The van der Waals surface area contributed by atoms with Crippen molar-refractivity contribution in [1.29, 1.82) is 0 Å². The quantitative estimate of drug-likeness (QED) is 0.606. The van der Waals surface area contributed by atoms with Gasteiger partial charge < -0.3 is 16.2 Å². The van der Waals surface area contributed by atoms with Gasteiger partial charge in [0.15, 0.2) is 5.75 Å². The van der Waals surface area contributed by atoms with Crippen molar-refractivity contribution < 1.29 is 9.50 Å². The van der Waals surface area contributed by atoms with Crippen LogP contribution in [0.2, 0.25) is 10.0 Å². The zero-order valence-electron chi connectivity index (χ0n) is 13.9. The van der Waals surface area contributed by atoms with Crippen LogP contribution in [-0.4, -0.2) is 41.8 Å². The second-order valence-electron chi connectivity index (χ2n) is 5.78. The van der Waals surface area contributed by atoms with Crippen LogP contribution in [-0.2, 0) is 6.54 Å². The van der Waals surface area contributed by atoms with Crippen molar-refractivity contribution in [2.24, 2.45) is 5.73 Å². The van der Waals surface area contributed by atoms with E-state index >= 15 is 0 Å². The third-order valence-electron chi connectivity index (χ3n) is 3.54. The van der Waals surface area contributed by atoms with E-state index in [1.807, 2.05) is 24.1 Å². The lowest BCUT2D eigenvalue weighted by Crippen LogP contribution is -2.25. The molecule has 0 fully saturated rings. The number of nitrogens with zero attached hydrogens (tertiary/aromatic N) is 2. The highest BCUT2D eigenvalue weighted by atomic mass is 35.5. The number of likely N-dealkylation sites (N-methyl/N-ethyl adjacent to an activating group) is 1. The number of aromatic hydroxyl groups is 1. The summed E-state index contributed by atoms with van der Waals surface area (Å²) in [4.78, 5) is 6.42. The van der Waals surface area contributed by atoms with Gasteiger partial charge in [0.05, 0.1) is 22.4 Å². The number of nitrogens with two attached hydrogens (primary N) is 1. The van der Waals surface area contributed by atoms with Gasteiger partial charge in [-0.2, -0.15) is 0 Å². The van der Waals surface area contributed by atoms with Gasteiger partial charge in [-0.1, -0.05) is 23.2 Å². The molecule has 25 heavy (non-hydrogen) atoms. The monoisotopic (exact) mass is 386 g/mol. The number of phenols is 1. The fourth-order valence-corrected chi connectivity index (χ4v) is 2.91. The minimum absolute atomic E-state index is 0.0814. The summed E-state index contributed by atoms with van der Waals surface area (Å²) in [6.07, 6.45) is 2.14. The molecule has 0 spiro atoms. The molecule has 4 N–H and O–H groups in total. The molecule has 136 valence electrons. The number of benzene rings is 1. The highest BCUT2D eigenvalue weighted by molar-refractivity contribution is 6.39. The standard InChI is InChI=1S/C17H21Cl2FN4O/c1-24(9-11(21)8-22-6-2-5-20)10-12-3-4-13-14(18)7-15(19)17(25)16(13)23-12/h3-4,7-8,22,25H,2,5-6,9-10,21H2,1H3/b11-8-. The van der Waals surface area contributed by atoms with Gasteiger partial charge in [-0.25, -0.2) is 4.98 Å². The average molecular weight is 387 g/mol. The lowest BCUT2D eigenvalue weighted by molar-refractivity contribution is 0.349. The fourth-order valence-electron chi connectivity index (χ4n) is 2.39. The van der Waals surface area contributed by atoms with Gasteiger partial charge in [-0.15, -0.1) is 0 Å². The van der Waals surface area contributed by atoms with Crippen LogP contribution in [0.3, 0.4) is 0 Å². The van der Waals surface area contributed by atoms with Gasteiger partial charge in [0.2, 0.25) is 0 Å². The third-order valence-corrected chi connectivity index (χ3v) is 4.14. The van der Waals surface area contributed by atoms with E-state index in [1.54, 1.807) is 6.20 Å². The molecule has 8 heteroatoms. The Morgan fingerprint density at radius 2 is 2.16 bits per heavy atom. The van der Waals surface area contributed by atoms with Crippen molar-refractivity contribution in [1.82, 2.24) is 15.2 Å². The SMILES string of the molecule is CN(C/C(N)=C/NCCCF)Cc1ccc2c(Cl)cc(Cl)c(O)c2n1. The van der Waals surface area contributed by atoms with Gasteiger partial charge in [0, 0.05) is 36.9 Å². The predicted octanol–water partition coefficient (Wildman–Crippen LogP) is 3.43. The highest BCUT2D eigenvalue weighted by Crippen LogP contribution is 2.36. The van der Waals surface area contributed by atoms with E-state index in [4.69, 9.17) is 28.9 Å². The first kappa shape index (κ1) is 19.6. The number of phenolic OH excluding ortho intramolecular Hbond substituents is 1. The maximum Gasteiger partial charge on any atom is 0.160 e. The Labute approximate surface area is 156 Å². The molecule has 0 atom stereocenters. The summed E-state index contributed by atoms with van der Waals surface area (Å²) in [5.74, 6) is -0.0814. The van der Waals surface area contributed by atoms with Gasteiger partial charge in [-0.05, 0) is 31.7 Å². The second-order valence-corrected chi connectivity index (χ2v) is 6.59. The van der Waals surface area contributed by atoms with Gasteiger partial charge in [0.25, 0.3) is 0 Å². The van der Waals surface area contributed by atoms with Gasteiger partial charge in [0.1, 0.15) is 5.52 Å². The van der Waals surface area contributed by atoms with Crippen molar-refractivity contribution in [3.63, 3.8) is 0 Å². The Hall–Kier alpha value is -1.76. The van der Waals surface area contributed by atoms with Crippen molar-refractivity contribution in [3.05, 3.63) is 45.8 Å². The Balaban J connectivity index is 2.06. The van der Waals surface area contributed by atoms with E-state index in [0.29, 0.717) is 47.7 Å². The number of alkyl halides is 1. The molecule has 1 aromatic carbocycles. The molecule has 0 unspecified atom stereocenters. The number of aromatic nitrogens is 1. The number of hydrogen-bond acceptors (Lipinski definition) is 5. The van der Waals surface area contributed by atoms with E-state index in [-0.39, 0.29) is 17.4 Å². The summed E-state index contributed by atoms with van der Waals surface area (Å²) in [7, 11) is 1.90. The molecule has 0 aliphatic heterocycles. The molecule has 0 radical (unpaired) electrons. The summed E-state index contributed by atoms with van der Waals surface area (Å²) in [5.41, 5.74) is 7.69. The van der Waals surface area contributed by atoms with Crippen LogP contribution < -0.4 is 11.1 Å². The largest absolute Gasteiger partial charge is 0.504 e. The van der Waals surface area contributed by atoms with Crippen LogP contribution in [0.4, 0.5) is 4.39 Å². The molecule has 0 saturated heterocycles. The van der Waals surface area contributed by atoms with Crippen LogP contribution in [0.25, 0.3) is 10.9 Å². The molecule has 1 aromatic heterocycles. The van der Waals surface area contributed by atoms with Crippen molar-refractivity contribution in [2.75, 3.05) is 26.8 Å². The number of rotatable bonds is 8. The molecule has 0 aliphatic carbocycles. The maximum atomic E-state index is 12.0. The Morgan fingerprint density at radius 1 is 1.40 bits per heavy atom. The zero-order chi connectivity index (χ0) is 18.4. The molecular formula is C17H21Cl2FN4O. The lowest BCUT2D eigenvalue weighted by Gasteiger charge is -2.17. The van der Waals surface area contributed by atoms with Crippen molar-refractivity contribution >= 4 is 34.1 Å². The van der Waals surface area contributed by atoms with Crippen LogP contribution in [0.15, 0.2) is 30.1 Å². The number of nitrogens with one attached hydrogen (secondary N) is 1. The topological polar surface area (TPSA) is 74.4 Å². The predicted molar refractivity (Wildman–Crippen MR) is 101 cm³/mol. The number of halogens is 3. The smallest absolute Gasteiger partial charge is 0.160 e. The maximum absolute atomic E-state index is 12.0. The van der Waals surface area contributed by atoms with E-state index < -0.39 is 0 Å². The molecule has 1 heterocycles. The minimum Gasteiger partial charge on any atom is -0.504 e. The van der Waals surface area contributed by atoms with Crippen LogP contribution >= 0.6 is 23.2 Å². The molecule has 5 nitrogen and oxygen atoms in total. The first-order valence-electron chi connectivity index (χ1n) is 7.81. The molecule has 0 amide bonds. The molecular weight excluding hydrogens is 366 g/mol. The Kier molecular flexibility index (Phi) is 7.11. The normalized spacial score (nSPS) is 12.1. The van der Waals surface area contributed by atoms with E-state index in [2.05, 4.69) is 10.3 Å². The summed E-state index contributed by atoms with van der Waals surface area (Å²) in [6, 6.07) is 5.15. The van der Waals surface area contributed by atoms with E-state index in [9.17, 15) is 9.50 Å². The minimum atomic E-state index is -0.352. The summed E-state index contributed by atoms with van der Waals surface area (Å²) >= 11 is 12.1. The number of pyridine rings is 1. The van der Waals surface area contributed by atoms with Crippen LogP contribution in [0.1, 0.15) is 12.1 Å². The summed E-state index contributed by atoms with van der Waals surface area (Å²) in [5, 5.41) is 14.3. The first-order chi connectivity index (χ1) is 11.9. The zero-order valence-corrected chi connectivity index (χ0v) is 15.4. The molecule has 2 aromatic rings.